The van der Waals surface area contributed by atoms with Crippen LogP contribution < -0.4 is 20.8 Å². The van der Waals surface area contributed by atoms with Crippen molar-refractivity contribution in [3.05, 3.63) is 86.8 Å². The average molecular weight is 564 g/mol. The lowest BCUT2D eigenvalue weighted by Crippen LogP contribution is -2.32. The van der Waals surface area contributed by atoms with Gasteiger partial charge in [0.1, 0.15) is 5.75 Å². The van der Waals surface area contributed by atoms with Gasteiger partial charge in [0.2, 0.25) is 0 Å². The lowest BCUT2D eigenvalue weighted by atomic mass is 10.2. The highest BCUT2D eigenvalue weighted by molar-refractivity contribution is 9.10. The number of anilines is 2. The Hall–Kier alpha value is -3.40. The van der Waals surface area contributed by atoms with Gasteiger partial charge in [-0.2, -0.15) is 5.10 Å². The van der Waals surface area contributed by atoms with E-state index in [1.165, 1.54) is 12.3 Å². The number of halogens is 3. The van der Waals surface area contributed by atoms with Crippen LogP contribution in [0.2, 0.25) is 10.0 Å². The molecule has 0 atom stereocenters. The highest BCUT2D eigenvalue weighted by Crippen LogP contribution is 2.29. The molecule has 0 aliphatic carbocycles. The maximum Gasteiger partial charge on any atom is 0.329 e. The van der Waals surface area contributed by atoms with Gasteiger partial charge in [0, 0.05) is 15.7 Å². The summed E-state index contributed by atoms with van der Waals surface area (Å²) in [5.74, 6) is -1.98. The average Bonchev–Trinajstić information content (AvgIpc) is 2.82. The highest BCUT2D eigenvalue weighted by atomic mass is 79.9. The number of benzene rings is 3. The second-order valence-electron chi connectivity index (χ2n) is 6.64. The maximum atomic E-state index is 12.2. The number of hydrogen-bond acceptors (Lipinski definition) is 5. The first kappa shape index (κ1) is 25.2. The van der Waals surface area contributed by atoms with Gasteiger partial charge in [-0.05, 0) is 48.5 Å². The van der Waals surface area contributed by atoms with E-state index in [0.29, 0.717) is 17.0 Å². The van der Waals surface area contributed by atoms with Crippen LogP contribution in [0, 0.1) is 0 Å². The number of hydrazone groups is 1. The number of nitrogens with one attached hydrogen (secondary N) is 3. The Morgan fingerprint density at radius 1 is 0.912 bits per heavy atom. The number of rotatable bonds is 7. The molecular formula is C23H17BrCl2N4O4. The summed E-state index contributed by atoms with van der Waals surface area (Å²) >= 11 is 15.2. The standard InChI is InChI=1S/C23H17BrCl2N4O4/c24-15-8-10-16(11-9-15)28-20(31)13-34-19-7-2-1-4-14(19)12-27-30-23(33)22(32)29-18-6-3-5-17(25)21(18)26/h1-12H,13H2,(H,28,31)(H,29,32)(H,30,33)/b27-12-. The largest absolute Gasteiger partial charge is 0.483 e. The molecule has 0 aromatic heterocycles. The van der Waals surface area contributed by atoms with Crippen LogP contribution >= 0.6 is 39.1 Å². The van der Waals surface area contributed by atoms with E-state index in [4.69, 9.17) is 27.9 Å². The number of carbonyl (C=O) groups excluding carboxylic acids is 3. The molecule has 0 saturated heterocycles. The third-order valence-electron chi connectivity index (χ3n) is 4.18. The van der Waals surface area contributed by atoms with Crippen molar-refractivity contribution in [2.45, 2.75) is 0 Å². The smallest absolute Gasteiger partial charge is 0.329 e. The first-order valence-corrected chi connectivity index (χ1v) is 11.2. The summed E-state index contributed by atoms with van der Waals surface area (Å²) in [5, 5.41) is 9.20. The van der Waals surface area contributed by atoms with Gasteiger partial charge in [0.25, 0.3) is 5.91 Å². The van der Waals surface area contributed by atoms with Crippen LogP contribution in [0.3, 0.4) is 0 Å². The summed E-state index contributed by atoms with van der Waals surface area (Å²) < 4.78 is 6.47. The minimum absolute atomic E-state index is 0.115. The van der Waals surface area contributed by atoms with Crippen molar-refractivity contribution >= 4 is 74.4 Å². The van der Waals surface area contributed by atoms with E-state index in [-0.39, 0.29) is 28.2 Å². The molecule has 0 saturated carbocycles. The molecule has 0 radical (unpaired) electrons. The highest BCUT2D eigenvalue weighted by Gasteiger charge is 2.15. The third-order valence-corrected chi connectivity index (χ3v) is 5.53. The van der Waals surface area contributed by atoms with Gasteiger partial charge in [0.05, 0.1) is 21.9 Å². The second-order valence-corrected chi connectivity index (χ2v) is 8.34. The van der Waals surface area contributed by atoms with Crippen LogP contribution in [0.1, 0.15) is 5.56 Å². The Kier molecular flexibility index (Phi) is 9.03. The molecule has 0 bridgehead atoms. The normalized spacial score (nSPS) is 10.6. The number of hydrogen-bond donors (Lipinski definition) is 3. The van der Waals surface area contributed by atoms with Crippen molar-refractivity contribution < 1.29 is 19.1 Å². The molecule has 3 N–H and O–H groups in total. The zero-order chi connectivity index (χ0) is 24.5. The molecule has 0 fully saturated rings. The fourth-order valence-corrected chi connectivity index (χ4v) is 3.19. The predicted octanol–water partition coefficient (Wildman–Crippen LogP) is 4.86. The number of para-hydroxylation sites is 1. The molecule has 0 aliphatic rings. The van der Waals surface area contributed by atoms with Gasteiger partial charge < -0.3 is 15.4 Å². The topological polar surface area (TPSA) is 109 Å². The van der Waals surface area contributed by atoms with Crippen LogP contribution in [-0.2, 0) is 14.4 Å². The van der Waals surface area contributed by atoms with Gasteiger partial charge in [-0.3, -0.25) is 14.4 Å². The van der Waals surface area contributed by atoms with Crippen LogP contribution in [0.25, 0.3) is 0 Å². The Labute approximate surface area is 213 Å². The Morgan fingerprint density at radius 3 is 2.41 bits per heavy atom. The quantitative estimate of drug-likeness (QED) is 0.216. The zero-order valence-corrected chi connectivity index (χ0v) is 20.4. The monoisotopic (exact) mass is 562 g/mol. The van der Waals surface area contributed by atoms with Gasteiger partial charge in [0.15, 0.2) is 6.61 Å². The molecule has 0 aliphatic heterocycles. The van der Waals surface area contributed by atoms with Gasteiger partial charge in [-0.15, -0.1) is 0 Å². The molecule has 11 heteroatoms. The molecule has 8 nitrogen and oxygen atoms in total. The molecule has 0 heterocycles. The molecular weight excluding hydrogens is 547 g/mol. The van der Waals surface area contributed by atoms with Crippen LogP contribution in [0.15, 0.2) is 76.3 Å². The first-order valence-electron chi connectivity index (χ1n) is 9.69. The third kappa shape index (κ3) is 7.31. The second kappa shape index (κ2) is 12.2. The van der Waals surface area contributed by atoms with Crippen LogP contribution in [-0.4, -0.2) is 30.5 Å². The molecule has 34 heavy (non-hydrogen) atoms. The Bertz CT molecular complexity index is 1240. The summed E-state index contributed by atoms with van der Waals surface area (Å²) in [7, 11) is 0. The summed E-state index contributed by atoms with van der Waals surface area (Å²) in [6.45, 7) is -0.240. The molecule has 0 unspecified atom stereocenters. The molecule has 0 spiro atoms. The molecule has 3 rings (SSSR count). The van der Waals surface area contributed by atoms with E-state index in [9.17, 15) is 14.4 Å². The van der Waals surface area contributed by atoms with E-state index in [2.05, 4.69) is 37.1 Å². The minimum atomic E-state index is -1.01. The summed E-state index contributed by atoms with van der Waals surface area (Å²) in [4.78, 5) is 36.2. The summed E-state index contributed by atoms with van der Waals surface area (Å²) in [6.07, 6.45) is 1.29. The Balaban J connectivity index is 1.54. The van der Waals surface area contributed by atoms with E-state index in [0.717, 1.165) is 4.47 Å². The van der Waals surface area contributed by atoms with E-state index >= 15 is 0 Å². The minimum Gasteiger partial charge on any atom is -0.483 e. The molecule has 174 valence electrons. The fourth-order valence-electron chi connectivity index (χ4n) is 2.58. The van der Waals surface area contributed by atoms with Crippen LogP contribution in [0.5, 0.6) is 5.75 Å². The van der Waals surface area contributed by atoms with Crippen molar-refractivity contribution in [3.63, 3.8) is 0 Å². The maximum absolute atomic E-state index is 12.2. The van der Waals surface area contributed by atoms with Crippen LogP contribution in [0.4, 0.5) is 11.4 Å². The lowest BCUT2D eigenvalue weighted by molar-refractivity contribution is -0.136. The van der Waals surface area contributed by atoms with Gasteiger partial charge >= 0.3 is 11.8 Å². The first-order chi connectivity index (χ1) is 16.3. The van der Waals surface area contributed by atoms with Crippen molar-refractivity contribution in [2.24, 2.45) is 5.10 Å². The SMILES string of the molecule is O=C(COc1ccccc1/C=N\NC(=O)C(=O)Nc1cccc(Cl)c1Cl)Nc1ccc(Br)cc1. The van der Waals surface area contributed by atoms with E-state index in [1.54, 1.807) is 60.7 Å². The number of amides is 3. The zero-order valence-electron chi connectivity index (χ0n) is 17.3. The van der Waals surface area contributed by atoms with Crippen molar-refractivity contribution in [2.75, 3.05) is 17.2 Å². The predicted molar refractivity (Wildman–Crippen MR) is 136 cm³/mol. The van der Waals surface area contributed by atoms with Crippen molar-refractivity contribution in [1.29, 1.82) is 0 Å². The van der Waals surface area contributed by atoms with E-state index < -0.39 is 11.8 Å². The fraction of sp³-hybridized carbons (Fsp3) is 0.0435. The summed E-state index contributed by atoms with van der Waals surface area (Å²) in [5.41, 5.74) is 3.43. The molecule has 3 amide bonds. The van der Waals surface area contributed by atoms with Crippen molar-refractivity contribution in [3.8, 4) is 5.75 Å². The van der Waals surface area contributed by atoms with Gasteiger partial charge in [-0.1, -0.05) is 57.3 Å². The number of ether oxygens (including phenoxy) is 1. The molecule has 3 aromatic rings. The molecule has 3 aromatic carbocycles. The number of nitrogens with zero attached hydrogens (tertiary/aromatic N) is 1. The Morgan fingerprint density at radius 2 is 1.65 bits per heavy atom. The lowest BCUT2D eigenvalue weighted by Gasteiger charge is -2.10. The van der Waals surface area contributed by atoms with Crippen molar-refractivity contribution in [1.82, 2.24) is 5.43 Å². The summed E-state index contributed by atoms with van der Waals surface area (Å²) in [6, 6.07) is 18.5. The number of carbonyl (C=O) groups is 3. The van der Waals surface area contributed by atoms with Gasteiger partial charge in [-0.25, -0.2) is 5.43 Å². The van der Waals surface area contributed by atoms with E-state index in [1.807, 2.05) is 0 Å².